The maximum atomic E-state index is 5.27. The number of rotatable bonds is 5. The van der Waals surface area contributed by atoms with Gasteiger partial charge in [-0.1, -0.05) is 30.3 Å². The highest BCUT2D eigenvalue weighted by molar-refractivity contribution is 9.12. The number of hydrogen-bond donors (Lipinski definition) is 1. The minimum Gasteiger partial charge on any atom is -0.497 e. The van der Waals surface area contributed by atoms with Gasteiger partial charge in [0.15, 0.2) is 5.82 Å². The first-order chi connectivity index (χ1) is 12.2. The van der Waals surface area contributed by atoms with E-state index in [0.29, 0.717) is 10.6 Å². The van der Waals surface area contributed by atoms with Gasteiger partial charge in [0.05, 0.1) is 13.3 Å². The first-order valence-corrected chi connectivity index (χ1v) is 8.66. The molecule has 25 heavy (non-hydrogen) atoms. The van der Waals surface area contributed by atoms with Crippen molar-refractivity contribution in [2.24, 2.45) is 5.10 Å². The van der Waals surface area contributed by atoms with E-state index in [1.807, 2.05) is 60.7 Å². The van der Waals surface area contributed by atoms with Gasteiger partial charge in [0, 0.05) is 10.0 Å². The molecule has 0 fully saturated rings. The SMILES string of the molecule is COc1ccc(-c2n[nH]c(=S)n2/N=C/C(Br)=Cc2ccccc2)cc1. The van der Waals surface area contributed by atoms with Crippen molar-refractivity contribution in [2.45, 2.75) is 0 Å². The molecule has 0 atom stereocenters. The van der Waals surface area contributed by atoms with Crippen molar-refractivity contribution in [2.75, 3.05) is 7.11 Å². The Morgan fingerprint density at radius 3 is 2.60 bits per heavy atom. The van der Waals surface area contributed by atoms with Crippen LogP contribution in [0.15, 0.2) is 64.2 Å². The van der Waals surface area contributed by atoms with Gasteiger partial charge in [-0.15, -0.1) is 0 Å². The third-order valence-electron chi connectivity index (χ3n) is 3.40. The van der Waals surface area contributed by atoms with Crippen LogP contribution in [0.4, 0.5) is 0 Å². The van der Waals surface area contributed by atoms with Crippen molar-refractivity contribution in [3.05, 3.63) is 69.4 Å². The van der Waals surface area contributed by atoms with Crippen molar-refractivity contribution in [1.82, 2.24) is 14.9 Å². The molecule has 126 valence electrons. The summed E-state index contributed by atoms with van der Waals surface area (Å²) in [4.78, 5) is 0. The Balaban J connectivity index is 1.89. The van der Waals surface area contributed by atoms with Gasteiger partial charge < -0.3 is 4.74 Å². The third-order valence-corrected chi connectivity index (χ3v) is 4.10. The molecule has 0 aliphatic heterocycles. The van der Waals surface area contributed by atoms with Gasteiger partial charge >= 0.3 is 0 Å². The molecule has 3 rings (SSSR count). The standard InChI is InChI=1S/C18H15BrN4OS/c1-24-16-9-7-14(8-10-16)17-21-22-18(25)23(17)20-12-15(19)11-13-5-3-2-4-6-13/h2-12H,1H3,(H,22,25)/b15-11?,20-12+. The van der Waals surface area contributed by atoms with E-state index in [1.165, 1.54) is 0 Å². The predicted octanol–water partition coefficient (Wildman–Crippen LogP) is 4.89. The van der Waals surface area contributed by atoms with Crippen molar-refractivity contribution < 1.29 is 4.74 Å². The smallest absolute Gasteiger partial charge is 0.216 e. The molecular formula is C18H15BrN4OS. The van der Waals surface area contributed by atoms with Gasteiger partial charge in [0.2, 0.25) is 4.77 Å². The Hall–Kier alpha value is -2.51. The number of allylic oxidation sites excluding steroid dienone is 1. The summed E-state index contributed by atoms with van der Waals surface area (Å²) in [6.45, 7) is 0. The quantitative estimate of drug-likeness (QED) is 0.477. The molecule has 0 aliphatic carbocycles. The first kappa shape index (κ1) is 17.3. The molecule has 1 aromatic heterocycles. The number of H-pyrrole nitrogens is 1. The molecule has 0 bridgehead atoms. The van der Waals surface area contributed by atoms with Crippen LogP contribution in [0.2, 0.25) is 0 Å². The average Bonchev–Trinajstić information content (AvgIpc) is 3.01. The largest absolute Gasteiger partial charge is 0.497 e. The lowest BCUT2D eigenvalue weighted by molar-refractivity contribution is 0.415. The minimum absolute atomic E-state index is 0.419. The lowest BCUT2D eigenvalue weighted by atomic mass is 10.2. The minimum atomic E-state index is 0.419. The maximum Gasteiger partial charge on any atom is 0.216 e. The Morgan fingerprint density at radius 1 is 1.20 bits per heavy atom. The molecular weight excluding hydrogens is 400 g/mol. The Labute approximate surface area is 158 Å². The van der Waals surface area contributed by atoms with Crippen LogP contribution in [0.3, 0.4) is 0 Å². The summed E-state index contributed by atoms with van der Waals surface area (Å²) in [7, 11) is 1.63. The number of hydrogen-bond acceptors (Lipinski definition) is 4. The van der Waals surface area contributed by atoms with Crippen LogP contribution in [-0.4, -0.2) is 28.2 Å². The van der Waals surface area contributed by atoms with E-state index >= 15 is 0 Å². The van der Waals surface area contributed by atoms with E-state index in [2.05, 4.69) is 31.2 Å². The van der Waals surface area contributed by atoms with E-state index in [-0.39, 0.29) is 0 Å². The summed E-state index contributed by atoms with van der Waals surface area (Å²) in [5.41, 5.74) is 1.96. The van der Waals surface area contributed by atoms with E-state index in [1.54, 1.807) is 18.0 Å². The Kier molecular flexibility index (Phi) is 5.57. The summed E-state index contributed by atoms with van der Waals surface area (Å²) in [5, 5.41) is 11.5. The number of halogens is 1. The number of ether oxygens (including phenoxy) is 1. The highest BCUT2D eigenvalue weighted by Crippen LogP contribution is 2.21. The van der Waals surface area contributed by atoms with E-state index in [4.69, 9.17) is 17.0 Å². The van der Waals surface area contributed by atoms with Crippen molar-refractivity contribution >= 4 is 40.4 Å². The number of nitrogens with one attached hydrogen (secondary N) is 1. The lowest BCUT2D eigenvalue weighted by Gasteiger charge is -2.03. The molecule has 1 N–H and O–H groups in total. The molecule has 2 aromatic carbocycles. The molecule has 0 spiro atoms. The zero-order valence-corrected chi connectivity index (χ0v) is 15.8. The highest BCUT2D eigenvalue weighted by Gasteiger charge is 2.08. The second-order valence-electron chi connectivity index (χ2n) is 5.08. The van der Waals surface area contributed by atoms with Gasteiger partial charge in [-0.05, 0) is 64.1 Å². The molecule has 5 nitrogen and oxygen atoms in total. The number of methoxy groups -OCH3 is 1. The zero-order valence-electron chi connectivity index (χ0n) is 13.4. The van der Waals surface area contributed by atoms with Crippen molar-refractivity contribution in [3.8, 4) is 17.1 Å². The molecule has 0 saturated heterocycles. The van der Waals surface area contributed by atoms with Crippen LogP contribution in [-0.2, 0) is 0 Å². The van der Waals surface area contributed by atoms with Gasteiger partial charge in [0.1, 0.15) is 5.75 Å². The highest BCUT2D eigenvalue weighted by atomic mass is 79.9. The summed E-state index contributed by atoms with van der Waals surface area (Å²) >= 11 is 8.78. The van der Waals surface area contributed by atoms with Crippen LogP contribution >= 0.6 is 28.1 Å². The summed E-state index contributed by atoms with van der Waals surface area (Å²) in [6, 6.07) is 17.5. The van der Waals surface area contributed by atoms with Crippen LogP contribution in [0.25, 0.3) is 17.5 Å². The third kappa shape index (κ3) is 4.32. The number of benzene rings is 2. The Bertz CT molecular complexity index is 959. The van der Waals surface area contributed by atoms with Gasteiger partial charge in [-0.25, -0.2) is 5.10 Å². The molecule has 7 heteroatoms. The number of aromatic nitrogens is 3. The topological polar surface area (TPSA) is 55.2 Å². The molecule has 0 radical (unpaired) electrons. The van der Waals surface area contributed by atoms with Gasteiger partial charge in [0.25, 0.3) is 0 Å². The number of aromatic amines is 1. The van der Waals surface area contributed by atoms with Crippen molar-refractivity contribution in [3.63, 3.8) is 0 Å². The fourth-order valence-corrected chi connectivity index (χ4v) is 2.72. The number of nitrogens with zero attached hydrogens (tertiary/aromatic N) is 3. The second-order valence-corrected chi connectivity index (χ2v) is 6.38. The van der Waals surface area contributed by atoms with Crippen LogP contribution < -0.4 is 4.74 Å². The van der Waals surface area contributed by atoms with Crippen molar-refractivity contribution in [1.29, 1.82) is 0 Å². The summed E-state index contributed by atoms with van der Waals surface area (Å²) in [6.07, 6.45) is 3.66. The normalized spacial score (nSPS) is 11.8. The Morgan fingerprint density at radius 2 is 1.92 bits per heavy atom. The fourth-order valence-electron chi connectivity index (χ4n) is 2.18. The van der Waals surface area contributed by atoms with Crippen LogP contribution in [0.1, 0.15) is 5.56 Å². The maximum absolute atomic E-state index is 5.27. The van der Waals surface area contributed by atoms with E-state index in [0.717, 1.165) is 21.4 Å². The van der Waals surface area contributed by atoms with Gasteiger partial charge in [-0.3, -0.25) is 0 Å². The summed E-state index contributed by atoms with van der Waals surface area (Å²) in [5.74, 6) is 1.41. The molecule has 0 unspecified atom stereocenters. The predicted molar refractivity (Wildman–Crippen MR) is 107 cm³/mol. The molecule has 0 amide bonds. The van der Waals surface area contributed by atoms with Crippen LogP contribution in [0.5, 0.6) is 5.75 Å². The molecule has 3 aromatic rings. The molecule has 1 heterocycles. The van der Waals surface area contributed by atoms with Crippen LogP contribution in [0, 0.1) is 4.77 Å². The lowest BCUT2D eigenvalue weighted by Crippen LogP contribution is -1.94. The van der Waals surface area contributed by atoms with Gasteiger partial charge in [-0.2, -0.15) is 14.9 Å². The molecule has 0 aliphatic rings. The molecule has 0 saturated carbocycles. The zero-order chi connectivity index (χ0) is 17.6. The van der Waals surface area contributed by atoms with E-state index in [9.17, 15) is 0 Å². The fraction of sp³-hybridized carbons (Fsp3) is 0.0556. The second kappa shape index (κ2) is 8.04. The monoisotopic (exact) mass is 414 g/mol. The summed E-state index contributed by atoms with van der Waals surface area (Å²) < 4.78 is 8.00. The van der Waals surface area contributed by atoms with E-state index < -0.39 is 0 Å². The first-order valence-electron chi connectivity index (χ1n) is 7.46. The average molecular weight is 415 g/mol.